The van der Waals surface area contributed by atoms with Gasteiger partial charge in [0.2, 0.25) is 0 Å². The summed E-state index contributed by atoms with van der Waals surface area (Å²) < 4.78 is 27.6. The van der Waals surface area contributed by atoms with Crippen molar-refractivity contribution in [2.24, 2.45) is 0 Å². The van der Waals surface area contributed by atoms with Crippen LogP contribution >= 0.6 is 11.8 Å². The number of hydrogen-bond acceptors (Lipinski definition) is 4. The number of thioether (sulfide) groups is 1. The number of nitriles is 1. The van der Waals surface area contributed by atoms with Crippen LogP contribution in [0.3, 0.4) is 0 Å². The molecule has 0 amide bonds. The number of rotatable bonds is 4. The van der Waals surface area contributed by atoms with Crippen LogP contribution in [0, 0.1) is 23.0 Å². The van der Waals surface area contributed by atoms with Gasteiger partial charge in [0.05, 0.1) is 22.7 Å². The van der Waals surface area contributed by atoms with Gasteiger partial charge in [0, 0.05) is 4.90 Å². The monoisotopic (exact) mass is 343 g/mol. The van der Waals surface area contributed by atoms with Crippen molar-refractivity contribution in [1.29, 1.82) is 5.26 Å². The van der Waals surface area contributed by atoms with Gasteiger partial charge in [-0.05, 0) is 30.3 Å². The van der Waals surface area contributed by atoms with E-state index in [0.29, 0.717) is 21.6 Å². The van der Waals surface area contributed by atoms with Gasteiger partial charge < -0.3 is 0 Å². The number of aromatic nitrogens is 2. The molecule has 0 atom stereocenters. The Labute approximate surface area is 140 Å². The molecule has 0 unspecified atom stereocenters. The Morgan fingerprint density at radius 3 is 2.71 bits per heavy atom. The van der Waals surface area contributed by atoms with Crippen LogP contribution in [0.2, 0.25) is 0 Å². The molecule has 7 heteroatoms. The number of benzene rings is 2. The van der Waals surface area contributed by atoms with Crippen LogP contribution in [0.25, 0.3) is 10.9 Å². The second-order valence-corrected chi connectivity index (χ2v) is 6.01. The molecule has 3 aromatic rings. The van der Waals surface area contributed by atoms with Gasteiger partial charge in [-0.3, -0.25) is 9.36 Å². The number of hydrogen-bond donors (Lipinski definition) is 0. The van der Waals surface area contributed by atoms with Crippen molar-refractivity contribution in [3.8, 4) is 6.07 Å². The van der Waals surface area contributed by atoms with Crippen LogP contribution < -0.4 is 5.56 Å². The molecule has 0 aliphatic carbocycles. The lowest BCUT2D eigenvalue weighted by Gasteiger charge is -2.10. The van der Waals surface area contributed by atoms with Gasteiger partial charge in [0.1, 0.15) is 12.4 Å². The van der Waals surface area contributed by atoms with E-state index in [1.165, 1.54) is 22.4 Å². The highest BCUT2D eigenvalue weighted by Crippen LogP contribution is 2.24. The second kappa shape index (κ2) is 6.81. The van der Waals surface area contributed by atoms with Gasteiger partial charge in [0.25, 0.3) is 5.56 Å². The van der Waals surface area contributed by atoms with E-state index in [2.05, 4.69) is 4.98 Å². The summed E-state index contributed by atoms with van der Waals surface area (Å²) in [5.74, 6) is -1.17. The molecule has 0 aliphatic heterocycles. The molecule has 120 valence electrons. The first-order chi connectivity index (χ1) is 11.6. The highest BCUT2D eigenvalue weighted by atomic mass is 32.2. The van der Waals surface area contributed by atoms with Crippen LogP contribution in [0.15, 0.2) is 52.2 Å². The Kier molecular flexibility index (Phi) is 4.58. The van der Waals surface area contributed by atoms with Gasteiger partial charge in [0.15, 0.2) is 11.6 Å². The fourth-order valence-electron chi connectivity index (χ4n) is 2.27. The Morgan fingerprint density at radius 1 is 1.17 bits per heavy atom. The van der Waals surface area contributed by atoms with Crippen molar-refractivity contribution in [1.82, 2.24) is 9.55 Å². The topological polar surface area (TPSA) is 58.7 Å². The van der Waals surface area contributed by atoms with E-state index >= 15 is 0 Å². The minimum Gasteiger partial charge on any atom is -0.281 e. The van der Waals surface area contributed by atoms with E-state index in [1.54, 1.807) is 24.3 Å². The Balaban J connectivity index is 1.98. The Bertz CT molecular complexity index is 1010. The Morgan fingerprint density at radius 2 is 1.96 bits per heavy atom. The summed E-state index contributed by atoms with van der Waals surface area (Å²) in [5.41, 5.74) is 0.251. The van der Waals surface area contributed by atoms with Crippen LogP contribution in [-0.2, 0) is 12.3 Å². The third-order valence-corrected chi connectivity index (χ3v) is 4.42. The fraction of sp³-hybridized carbons (Fsp3) is 0.118. The predicted molar refractivity (Wildman–Crippen MR) is 87.5 cm³/mol. The molecule has 3 rings (SSSR count). The van der Waals surface area contributed by atoms with E-state index in [4.69, 9.17) is 5.26 Å². The minimum absolute atomic E-state index is 0.121. The molecule has 0 spiro atoms. The van der Waals surface area contributed by atoms with Gasteiger partial charge >= 0.3 is 0 Å². The molecule has 0 fully saturated rings. The zero-order valence-electron chi connectivity index (χ0n) is 12.4. The molecular weight excluding hydrogens is 332 g/mol. The highest BCUT2D eigenvalue weighted by Gasteiger charge is 2.11. The molecule has 0 saturated carbocycles. The minimum atomic E-state index is -0.930. The third-order valence-electron chi connectivity index (χ3n) is 3.43. The third kappa shape index (κ3) is 3.14. The summed E-state index contributed by atoms with van der Waals surface area (Å²) in [5, 5.41) is 9.40. The average molecular weight is 343 g/mol. The lowest BCUT2D eigenvalue weighted by atomic mass is 10.2. The van der Waals surface area contributed by atoms with Gasteiger partial charge in [-0.15, -0.1) is 11.8 Å². The Hall–Kier alpha value is -2.72. The molecule has 24 heavy (non-hydrogen) atoms. The number of nitrogens with zero attached hydrogens (tertiary/aromatic N) is 3. The van der Waals surface area contributed by atoms with Gasteiger partial charge in [-0.25, -0.2) is 13.8 Å². The zero-order valence-corrected chi connectivity index (χ0v) is 13.2. The molecule has 0 radical (unpaired) electrons. The molecule has 0 aliphatic rings. The van der Waals surface area contributed by atoms with Crippen LogP contribution in [0.5, 0.6) is 0 Å². The molecule has 1 aromatic heterocycles. The second-order valence-electron chi connectivity index (χ2n) is 4.96. The molecular formula is C17H11F2N3OS. The van der Waals surface area contributed by atoms with E-state index in [1.807, 2.05) is 6.07 Å². The van der Waals surface area contributed by atoms with Gasteiger partial charge in [-0.1, -0.05) is 12.1 Å². The van der Waals surface area contributed by atoms with E-state index in [9.17, 15) is 13.6 Å². The van der Waals surface area contributed by atoms with E-state index < -0.39 is 11.6 Å². The molecule has 0 N–H and O–H groups in total. The maximum Gasteiger partial charge on any atom is 0.262 e. The zero-order chi connectivity index (χ0) is 17.1. The number of halogens is 2. The van der Waals surface area contributed by atoms with Crippen molar-refractivity contribution in [2.45, 2.75) is 17.2 Å². The summed E-state index contributed by atoms with van der Waals surface area (Å²) in [6, 6.07) is 12.4. The average Bonchev–Trinajstić information content (AvgIpc) is 2.59. The quantitative estimate of drug-likeness (QED) is 0.681. The van der Waals surface area contributed by atoms with Crippen LogP contribution in [0.1, 0.15) is 5.82 Å². The van der Waals surface area contributed by atoms with Crippen molar-refractivity contribution >= 4 is 22.7 Å². The maximum atomic E-state index is 13.3. The summed E-state index contributed by atoms with van der Waals surface area (Å²) in [7, 11) is 0. The predicted octanol–water partition coefficient (Wildman–Crippen LogP) is 3.49. The van der Waals surface area contributed by atoms with E-state index in [0.717, 1.165) is 12.1 Å². The standard InChI is InChI=1S/C17H11F2N3OS/c18-13-6-5-11(9-14(13)19)24-10-16-21-15-4-2-1-3-12(15)17(23)22(16)8-7-20/h1-6,9H,8,10H2. The summed E-state index contributed by atoms with van der Waals surface area (Å²) in [6.07, 6.45) is 0. The summed E-state index contributed by atoms with van der Waals surface area (Å²) in [4.78, 5) is 17.4. The summed E-state index contributed by atoms with van der Waals surface area (Å²) in [6.45, 7) is -0.121. The first kappa shape index (κ1) is 16.1. The fourth-order valence-corrected chi connectivity index (χ4v) is 3.14. The first-order valence-electron chi connectivity index (χ1n) is 7.03. The number of para-hydroxylation sites is 1. The van der Waals surface area contributed by atoms with Crippen molar-refractivity contribution < 1.29 is 8.78 Å². The lowest BCUT2D eigenvalue weighted by Crippen LogP contribution is -2.24. The van der Waals surface area contributed by atoms with Crippen LogP contribution in [-0.4, -0.2) is 9.55 Å². The lowest BCUT2D eigenvalue weighted by molar-refractivity contribution is 0.506. The van der Waals surface area contributed by atoms with Crippen LogP contribution in [0.4, 0.5) is 8.78 Å². The highest BCUT2D eigenvalue weighted by molar-refractivity contribution is 7.98. The van der Waals surface area contributed by atoms with Crippen molar-refractivity contribution in [3.05, 3.63) is 70.3 Å². The van der Waals surface area contributed by atoms with Gasteiger partial charge in [-0.2, -0.15) is 5.26 Å². The maximum absolute atomic E-state index is 13.3. The number of fused-ring (bicyclic) bond motifs is 1. The normalized spacial score (nSPS) is 10.7. The molecule has 1 heterocycles. The largest absolute Gasteiger partial charge is 0.281 e. The van der Waals surface area contributed by atoms with Crippen molar-refractivity contribution in [3.63, 3.8) is 0 Å². The molecule has 4 nitrogen and oxygen atoms in total. The molecule has 2 aromatic carbocycles. The smallest absolute Gasteiger partial charge is 0.262 e. The summed E-state index contributed by atoms with van der Waals surface area (Å²) >= 11 is 1.22. The van der Waals surface area contributed by atoms with E-state index in [-0.39, 0.29) is 17.9 Å². The SMILES string of the molecule is N#CCn1c(CSc2ccc(F)c(F)c2)nc2ccccc2c1=O. The van der Waals surface area contributed by atoms with Crippen molar-refractivity contribution in [2.75, 3.05) is 0 Å². The first-order valence-corrected chi connectivity index (χ1v) is 8.02. The molecule has 0 bridgehead atoms. The molecule has 0 saturated heterocycles.